The van der Waals surface area contributed by atoms with Gasteiger partial charge in [0, 0.05) is 4.90 Å². The second-order valence-electron chi connectivity index (χ2n) is 7.25. The standard InChI is InChI=1S/C22H22N2O4S/c1-13(21(26)24-17-8-4-6-14-5-2-3-7-16(14)17)28-22(27)15-9-10-19-18(11-15)23-20(25)12-29-19/h2-3,5,7,9-11,13,17H,4,6,8,12H2,1H3,(H,23,25)(H,24,26). The number of amides is 2. The number of carbonyl (C=O) groups is 3. The molecule has 2 atom stereocenters. The Kier molecular flexibility index (Phi) is 5.58. The molecule has 0 saturated heterocycles. The fourth-order valence-electron chi connectivity index (χ4n) is 3.69. The van der Waals surface area contributed by atoms with E-state index in [1.165, 1.54) is 17.3 Å². The molecule has 29 heavy (non-hydrogen) atoms. The van der Waals surface area contributed by atoms with E-state index in [1.807, 2.05) is 18.2 Å². The number of anilines is 1. The van der Waals surface area contributed by atoms with Gasteiger partial charge in [0.05, 0.1) is 23.0 Å². The molecule has 0 spiro atoms. The molecule has 7 heteroatoms. The summed E-state index contributed by atoms with van der Waals surface area (Å²) in [5, 5.41) is 5.76. The lowest BCUT2D eigenvalue weighted by Gasteiger charge is -2.27. The van der Waals surface area contributed by atoms with Crippen LogP contribution in [0.4, 0.5) is 5.69 Å². The summed E-state index contributed by atoms with van der Waals surface area (Å²) in [6.07, 6.45) is 1.97. The molecule has 6 nitrogen and oxygen atoms in total. The van der Waals surface area contributed by atoms with Crippen molar-refractivity contribution in [3.63, 3.8) is 0 Å². The second-order valence-corrected chi connectivity index (χ2v) is 8.26. The number of carbonyl (C=O) groups excluding carboxylic acids is 3. The van der Waals surface area contributed by atoms with Crippen molar-refractivity contribution in [3.8, 4) is 0 Å². The summed E-state index contributed by atoms with van der Waals surface area (Å²) in [4.78, 5) is 37.6. The third kappa shape index (κ3) is 4.29. The topological polar surface area (TPSA) is 84.5 Å². The first kappa shape index (κ1) is 19.5. The van der Waals surface area contributed by atoms with Crippen molar-refractivity contribution in [2.45, 2.75) is 43.2 Å². The van der Waals surface area contributed by atoms with Crippen LogP contribution >= 0.6 is 11.8 Å². The number of nitrogens with one attached hydrogen (secondary N) is 2. The highest BCUT2D eigenvalue weighted by molar-refractivity contribution is 8.00. The number of esters is 1. The molecule has 2 unspecified atom stereocenters. The highest BCUT2D eigenvalue weighted by Crippen LogP contribution is 2.32. The van der Waals surface area contributed by atoms with Gasteiger partial charge in [-0.05, 0) is 55.5 Å². The van der Waals surface area contributed by atoms with Crippen LogP contribution < -0.4 is 10.6 Å². The third-order valence-corrected chi connectivity index (χ3v) is 6.26. The number of ether oxygens (including phenoxy) is 1. The van der Waals surface area contributed by atoms with Gasteiger partial charge in [0.2, 0.25) is 5.91 Å². The molecule has 2 amide bonds. The minimum absolute atomic E-state index is 0.0652. The Bertz CT molecular complexity index is 975. The Balaban J connectivity index is 1.40. The average Bonchev–Trinajstić information content (AvgIpc) is 2.73. The van der Waals surface area contributed by atoms with Gasteiger partial charge in [-0.2, -0.15) is 0 Å². The maximum absolute atomic E-state index is 12.6. The number of hydrogen-bond acceptors (Lipinski definition) is 5. The zero-order chi connectivity index (χ0) is 20.4. The molecule has 0 saturated carbocycles. The maximum atomic E-state index is 12.6. The first-order valence-corrected chi connectivity index (χ1v) is 10.7. The summed E-state index contributed by atoms with van der Waals surface area (Å²) in [6, 6.07) is 13.0. The van der Waals surface area contributed by atoms with E-state index in [9.17, 15) is 14.4 Å². The lowest BCUT2D eigenvalue weighted by atomic mass is 9.87. The molecule has 1 aliphatic carbocycles. The van der Waals surface area contributed by atoms with Crippen molar-refractivity contribution >= 4 is 35.2 Å². The van der Waals surface area contributed by atoms with Crippen LogP contribution in [0.1, 0.15) is 47.3 Å². The van der Waals surface area contributed by atoms with Gasteiger partial charge >= 0.3 is 5.97 Å². The number of thioether (sulfide) groups is 1. The van der Waals surface area contributed by atoms with Gasteiger partial charge in [0.25, 0.3) is 5.91 Å². The number of rotatable bonds is 4. The summed E-state index contributed by atoms with van der Waals surface area (Å²) >= 11 is 1.42. The molecule has 0 fully saturated rings. The van der Waals surface area contributed by atoms with Gasteiger partial charge in [-0.25, -0.2) is 4.79 Å². The summed E-state index contributed by atoms with van der Waals surface area (Å²) in [5.41, 5.74) is 3.28. The molecule has 1 aliphatic heterocycles. The first-order chi connectivity index (χ1) is 14.0. The zero-order valence-corrected chi connectivity index (χ0v) is 16.9. The Morgan fingerprint density at radius 2 is 2.07 bits per heavy atom. The maximum Gasteiger partial charge on any atom is 0.338 e. The van der Waals surface area contributed by atoms with E-state index >= 15 is 0 Å². The molecule has 0 aromatic heterocycles. The van der Waals surface area contributed by atoms with E-state index in [1.54, 1.807) is 25.1 Å². The molecule has 1 heterocycles. The molecule has 4 rings (SSSR count). The number of fused-ring (bicyclic) bond motifs is 2. The number of hydrogen-bond donors (Lipinski definition) is 2. The first-order valence-electron chi connectivity index (χ1n) is 9.67. The predicted octanol–water partition coefficient (Wildman–Crippen LogP) is 3.47. The highest BCUT2D eigenvalue weighted by atomic mass is 32.2. The molecule has 150 valence electrons. The largest absolute Gasteiger partial charge is 0.449 e. The van der Waals surface area contributed by atoms with Gasteiger partial charge in [0.1, 0.15) is 0 Å². The van der Waals surface area contributed by atoms with E-state index in [0.29, 0.717) is 17.0 Å². The fourth-order valence-corrected chi connectivity index (χ4v) is 4.47. The Labute approximate surface area is 173 Å². The molecule has 2 N–H and O–H groups in total. The fraction of sp³-hybridized carbons (Fsp3) is 0.318. The van der Waals surface area contributed by atoms with Crippen molar-refractivity contribution in [2.75, 3.05) is 11.1 Å². The lowest BCUT2D eigenvalue weighted by Crippen LogP contribution is -2.39. The predicted molar refractivity (Wildman–Crippen MR) is 111 cm³/mol. The minimum Gasteiger partial charge on any atom is -0.449 e. The minimum atomic E-state index is -0.920. The van der Waals surface area contributed by atoms with Gasteiger partial charge < -0.3 is 15.4 Å². The summed E-state index contributed by atoms with van der Waals surface area (Å²) in [6.45, 7) is 1.57. The molecule has 2 aromatic carbocycles. The second kappa shape index (κ2) is 8.29. The third-order valence-electron chi connectivity index (χ3n) is 5.19. The Hall–Kier alpha value is -2.80. The molecular formula is C22H22N2O4S. The molecule has 0 bridgehead atoms. The van der Waals surface area contributed by atoms with Crippen LogP contribution in [0.25, 0.3) is 0 Å². The van der Waals surface area contributed by atoms with Gasteiger partial charge in [-0.15, -0.1) is 11.8 Å². The summed E-state index contributed by atoms with van der Waals surface area (Å²) in [7, 11) is 0. The van der Waals surface area contributed by atoms with Crippen LogP contribution in [0, 0.1) is 0 Å². The molecule has 0 radical (unpaired) electrons. The zero-order valence-electron chi connectivity index (χ0n) is 16.1. The van der Waals surface area contributed by atoms with E-state index in [-0.39, 0.29) is 17.9 Å². The molecule has 2 aromatic rings. The van der Waals surface area contributed by atoms with Crippen LogP contribution in [0.3, 0.4) is 0 Å². The van der Waals surface area contributed by atoms with Gasteiger partial charge in [-0.3, -0.25) is 9.59 Å². The van der Waals surface area contributed by atoms with Gasteiger partial charge in [0.15, 0.2) is 6.10 Å². The van der Waals surface area contributed by atoms with Crippen molar-refractivity contribution in [2.24, 2.45) is 0 Å². The Morgan fingerprint density at radius 3 is 2.93 bits per heavy atom. The smallest absolute Gasteiger partial charge is 0.338 e. The Morgan fingerprint density at radius 1 is 1.24 bits per heavy atom. The van der Waals surface area contributed by atoms with E-state index in [4.69, 9.17) is 4.74 Å². The van der Waals surface area contributed by atoms with Crippen LogP contribution in [0.15, 0.2) is 47.4 Å². The van der Waals surface area contributed by atoms with Crippen molar-refractivity contribution in [1.82, 2.24) is 5.32 Å². The SMILES string of the molecule is CC(OC(=O)c1ccc2c(c1)NC(=O)CS2)C(=O)NC1CCCc2ccccc21. The quantitative estimate of drug-likeness (QED) is 0.754. The van der Waals surface area contributed by atoms with Crippen molar-refractivity contribution < 1.29 is 19.1 Å². The van der Waals surface area contributed by atoms with E-state index in [2.05, 4.69) is 16.7 Å². The lowest BCUT2D eigenvalue weighted by molar-refractivity contribution is -0.130. The number of aryl methyl sites for hydroxylation is 1. The van der Waals surface area contributed by atoms with E-state index < -0.39 is 12.1 Å². The normalized spacial score (nSPS) is 18.7. The molecular weight excluding hydrogens is 388 g/mol. The summed E-state index contributed by atoms with van der Waals surface area (Å²) < 4.78 is 5.38. The van der Waals surface area contributed by atoms with Gasteiger partial charge in [-0.1, -0.05) is 24.3 Å². The monoisotopic (exact) mass is 410 g/mol. The van der Waals surface area contributed by atoms with Crippen LogP contribution in [0.2, 0.25) is 0 Å². The number of benzene rings is 2. The van der Waals surface area contributed by atoms with Crippen molar-refractivity contribution in [1.29, 1.82) is 0 Å². The van der Waals surface area contributed by atoms with Crippen LogP contribution in [-0.2, 0) is 20.7 Å². The average molecular weight is 410 g/mol. The summed E-state index contributed by atoms with van der Waals surface area (Å²) in [5.74, 6) is -0.655. The van der Waals surface area contributed by atoms with Crippen LogP contribution in [0.5, 0.6) is 0 Å². The molecule has 2 aliphatic rings. The van der Waals surface area contributed by atoms with Crippen molar-refractivity contribution in [3.05, 3.63) is 59.2 Å². The highest BCUT2D eigenvalue weighted by Gasteiger charge is 2.26. The van der Waals surface area contributed by atoms with E-state index in [0.717, 1.165) is 29.7 Å². The van der Waals surface area contributed by atoms with Crippen LogP contribution in [-0.4, -0.2) is 29.6 Å².